The van der Waals surface area contributed by atoms with Gasteiger partial charge in [0.05, 0.1) is 6.10 Å². The predicted molar refractivity (Wildman–Crippen MR) is 68.4 cm³/mol. The highest BCUT2D eigenvalue weighted by molar-refractivity contribution is 7.45. The molecule has 0 aromatic carbocycles. The molecule has 1 saturated carbocycles. The summed E-state index contributed by atoms with van der Waals surface area (Å²) in [5.74, 6) is 0.806. The Balaban J connectivity index is 0.000000555. The number of phosphoric acid groups is 1. The highest BCUT2D eigenvalue weighted by Crippen LogP contribution is 2.25. The summed E-state index contributed by atoms with van der Waals surface area (Å²) in [5, 5.41) is 4.75. The Labute approximate surface area is 113 Å². The van der Waals surface area contributed by atoms with E-state index in [1.807, 2.05) is 19.9 Å². The van der Waals surface area contributed by atoms with Gasteiger partial charge in [-0.25, -0.2) is 4.57 Å². The van der Waals surface area contributed by atoms with Crippen molar-refractivity contribution >= 4 is 7.82 Å². The Bertz CT molecular complexity index is 285. The summed E-state index contributed by atoms with van der Waals surface area (Å²) in [6.45, 7) is 3.93. The molecule has 1 fully saturated rings. The molecule has 7 nitrogen and oxygen atoms in total. The summed E-state index contributed by atoms with van der Waals surface area (Å²) in [6, 6.07) is 0. The molecule has 19 heavy (non-hydrogen) atoms. The van der Waals surface area contributed by atoms with Gasteiger partial charge in [0.2, 0.25) is 0 Å². The van der Waals surface area contributed by atoms with Crippen LogP contribution in [-0.4, -0.2) is 20.8 Å². The molecule has 114 valence electrons. The van der Waals surface area contributed by atoms with Crippen LogP contribution in [-0.2, 0) is 19.4 Å². The topological polar surface area (TPSA) is 105 Å². The van der Waals surface area contributed by atoms with Crippen molar-refractivity contribution < 1.29 is 34.1 Å². The summed E-state index contributed by atoms with van der Waals surface area (Å²) >= 11 is 0. The number of hydrogen-bond donors (Lipinski definition) is 3. The molecule has 0 unspecified atom stereocenters. The van der Waals surface area contributed by atoms with Crippen molar-refractivity contribution in [3.8, 4) is 0 Å². The van der Waals surface area contributed by atoms with Crippen LogP contribution in [0.3, 0.4) is 0 Å². The van der Waals surface area contributed by atoms with Gasteiger partial charge in [0.15, 0.2) is 0 Å². The van der Waals surface area contributed by atoms with Crippen molar-refractivity contribution in [1.29, 1.82) is 0 Å². The second kappa shape index (κ2) is 10.4. The first-order chi connectivity index (χ1) is 8.86. The van der Waals surface area contributed by atoms with Crippen LogP contribution in [0.1, 0.15) is 52.4 Å². The Morgan fingerprint density at radius 3 is 2.21 bits per heavy atom. The van der Waals surface area contributed by atoms with E-state index in [2.05, 4.69) is 0 Å². The van der Waals surface area contributed by atoms with Gasteiger partial charge in [0, 0.05) is 6.42 Å². The van der Waals surface area contributed by atoms with Crippen molar-refractivity contribution in [3.05, 3.63) is 11.8 Å². The Kier molecular flexibility index (Phi) is 10.1. The minimum absolute atomic E-state index is 0.221. The third kappa shape index (κ3) is 13.8. The minimum Gasteiger partial charge on any atom is -0.313 e. The maximum absolute atomic E-state index is 8.88. The van der Waals surface area contributed by atoms with Crippen LogP contribution in [0, 0.1) is 0 Å². The Morgan fingerprint density at radius 1 is 1.26 bits per heavy atom. The van der Waals surface area contributed by atoms with E-state index in [0.717, 1.165) is 25.0 Å². The first-order valence-corrected chi connectivity index (χ1v) is 7.86. The quantitative estimate of drug-likeness (QED) is 0.310. The van der Waals surface area contributed by atoms with Gasteiger partial charge < -0.3 is 19.6 Å². The lowest BCUT2D eigenvalue weighted by molar-refractivity contribution is -0.513. The summed E-state index contributed by atoms with van der Waals surface area (Å²) in [7, 11) is -4.64. The fraction of sp³-hybridized carbons (Fsp3) is 0.818. The first kappa shape index (κ1) is 18.6. The highest BCUT2D eigenvalue weighted by Gasteiger charge is 2.15. The molecule has 0 aliphatic heterocycles. The van der Waals surface area contributed by atoms with Crippen LogP contribution in [0.2, 0.25) is 0 Å². The summed E-state index contributed by atoms with van der Waals surface area (Å²) in [4.78, 5) is 31.7. The van der Waals surface area contributed by atoms with E-state index in [0.29, 0.717) is 0 Å². The van der Waals surface area contributed by atoms with Crippen LogP contribution in [0.5, 0.6) is 0 Å². The average Bonchev–Trinajstić information content (AvgIpc) is 2.34. The van der Waals surface area contributed by atoms with E-state index < -0.39 is 7.82 Å². The second-order valence-electron chi connectivity index (χ2n) is 4.13. The predicted octanol–water partition coefficient (Wildman–Crippen LogP) is 2.58. The first-order valence-electron chi connectivity index (χ1n) is 6.30. The molecule has 1 aliphatic rings. The van der Waals surface area contributed by atoms with Gasteiger partial charge in [0.25, 0.3) is 0 Å². The summed E-state index contributed by atoms with van der Waals surface area (Å²) < 4.78 is 8.88. The van der Waals surface area contributed by atoms with Crippen LogP contribution < -0.4 is 0 Å². The van der Waals surface area contributed by atoms with Crippen molar-refractivity contribution in [2.24, 2.45) is 0 Å². The SMILES string of the molecule is CC=C(CC)OOOC1CCCCC1.O=P(O)(O)O. The zero-order valence-corrected chi connectivity index (χ0v) is 12.2. The molecule has 0 heterocycles. The lowest BCUT2D eigenvalue weighted by atomic mass is 9.98. The van der Waals surface area contributed by atoms with E-state index in [9.17, 15) is 0 Å². The molecular weight excluding hydrogens is 275 g/mol. The number of allylic oxidation sites excluding steroid dienone is 2. The fourth-order valence-corrected chi connectivity index (χ4v) is 1.59. The van der Waals surface area contributed by atoms with E-state index >= 15 is 0 Å². The molecule has 0 aromatic rings. The highest BCUT2D eigenvalue weighted by atomic mass is 31.2. The van der Waals surface area contributed by atoms with Gasteiger partial charge in [-0.05, 0) is 30.9 Å². The molecule has 1 rings (SSSR count). The van der Waals surface area contributed by atoms with E-state index in [4.69, 9.17) is 34.1 Å². The largest absolute Gasteiger partial charge is 0.466 e. The van der Waals surface area contributed by atoms with Crippen molar-refractivity contribution in [2.75, 3.05) is 0 Å². The normalized spacial score (nSPS) is 17.6. The molecule has 8 heteroatoms. The summed E-state index contributed by atoms with van der Waals surface area (Å²) in [5.41, 5.74) is 0. The smallest absolute Gasteiger partial charge is 0.313 e. The third-order valence-corrected chi connectivity index (χ3v) is 2.54. The van der Waals surface area contributed by atoms with E-state index in [1.54, 1.807) is 0 Å². The van der Waals surface area contributed by atoms with E-state index in [1.165, 1.54) is 19.3 Å². The third-order valence-electron chi connectivity index (χ3n) is 2.54. The van der Waals surface area contributed by atoms with Gasteiger partial charge >= 0.3 is 7.82 Å². The lowest BCUT2D eigenvalue weighted by Crippen LogP contribution is -2.16. The molecule has 3 N–H and O–H groups in total. The van der Waals surface area contributed by atoms with Crippen molar-refractivity contribution in [1.82, 2.24) is 0 Å². The van der Waals surface area contributed by atoms with E-state index in [-0.39, 0.29) is 6.10 Å². The number of hydrogen-bond acceptors (Lipinski definition) is 4. The maximum Gasteiger partial charge on any atom is 0.466 e. The lowest BCUT2D eigenvalue weighted by Gasteiger charge is -2.19. The van der Waals surface area contributed by atoms with Gasteiger partial charge in [-0.1, -0.05) is 26.2 Å². The monoisotopic (exact) mass is 298 g/mol. The standard InChI is InChI=1S/C11H20O3.H3O4P/c1-3-10(4-2)12-14-13-11-8-6-5-7-9-11;1-5(2,3)4/h3,11H,4-9H2,1-2H3;(H3,1,2,3,4). The zero-order chi connectivity index (χ0) is 14.7. The molecule has 1 aliphatic carbocycles. The Hall–Kier alpha value is -0.430. The summed E-state index contributed by atoms with van der Waals surface area (Å²) in [6.07, 6.45) is 8.88. The van der Waals surface area contributed by atoms with Crippen LogP contribution >= 0.6 is 7.82 Å². The van der Waals surface area contributed by atoms with Gasteiger partial charge in [-0.15, -0.1) is 0 Å². The molecule has 0 radical (unpaired) electrons. The van der Waals surface area contributed by atoms with Crippen LogP contribution in [0.4, 0.5) is 0 Å². The van der Waals surface area contributed by atoms with Gasteiger partial charge in [-0.2, -0.15) is 4.89 Å². The molecule has 0 aromatic heterocycles. The Morgan fingerprint density at radius 2 is 1.79 bits per heavy atom. The second-order valence-corrected chi connectivity index (χ2v) is 5.16. The average molecular weight is 298 g/mol. The molecule has 0 amide bonds. The molecule has 0 atom stereocenters. The minimum atomic E-state index is -4.64. The molecular formula is C11H23O7P. The fourth-order valence-electron chi connectivity index (χ4n) is 1.59. The van der Waals surface area contributed by atoms with Crippen LogP contribution in [0.15, 0.2) is 11.8 Å². The van der Waals surface area contributed by atoms with Crippen LogP contribution in [0.25, 0.3) is 0 Å². The molecule has 0 saturated heterocycles. The number of rotatable bonds is 5. The van der Waals surface area contributed by atoms with Gasteiger partial charge in [-0.3, -0.25) is 0 Å². The zero-order valence-electron chi connectivity index (χ0n) is 11.3. The maximum atomic E-state index is 8.88. The molecule has 0 bridgehead atoms. The van der Waals surface area contributed by atoms with Gasteiger partial charge in [0.1, 0.15) is 5.76 Å². The molecule has 0 spiro atoms. The van der Waals surface area contributed by atoms with Crippen molar-refractivity contribution in [2.45, 2.75) is 58.5 Å². The van der Waals surface area contributed by atoms with Crippen molar-refractivity contribution in [3.63, 3.8) is 0 Å².